The number of carbonyl (C=O) groups is 2. The summed E-state index contributed by atoms with van der Waals surface area (Å²) in [5, 5.41) is 3.64. The summed E-state index contributed by atoms with van der Waals surface area (Å²) < 4.78 is 7.47. The molecular formula is C30H33N7O3. The maximum atomic E-state index is 13.2. The highest BCUT2D eigenvalue weighted by Gasteiger charge is 2.44. The van der Waals surface area contributed by atoms with Crippen LogP contribution in [0.2, 0.25) is 0 Å². The largest absolute Gasteiger partial charge is 0.383 e. The van der Waals surface area contributed by atoms with Crippen LogP contribution >= 0.6 is 0 Å². The van der Waals surface area contributed by atoms with Gasteiger partial charge < -0.3 is 25.3 Å². The molecule has 1 aromatic carbocycles. The number of piperidine rings is 1. The number of nitrogen functional groups attached to an aromatic ring is 1. The third kappa shape index (κ3) is 4.68. The van der Waals surface area contributed by atoms with Crippen molar-refractivity contribution in [3.05, 3.63) is 66.2 Å². The first-order valence-corrected chi connectivity index (χ1v) is 13.7. The lowest BCUT2D eigenvalue weighted by Gasteiger charge is -2.43. The number of aryl methyl sites for hydroxylation is 1. The van der Waals surface area contributed by atoms with E-state index < -0.39 is 5.41 Å². The number of anilines is 2. The highest BCUT2D eigenvalue weighted by atomic mass is 16.5. The summed E-state index contributed by atoms with van der Waals surface area (Å²) >= 11 is 0. The number of carbonyl (C=O) groups excluding carboxylic acids is 2. The molecule has 2 fully saturated rings. The van der Waals surface area contributed by atoms with Crippen molar-refractivity contribution in [1.29, 1.82) is 0 Å². The van der Waals surface area contributed by atoms with Gasteiger partial charge in [-0.3, -0.25) is 9.59 Å². The van der Waals surface area contributed by atoms with Crippen LogP contribution in [0.25, 0.3) is 22.2 Å². The predicted molar refractivity (Wildman–Crippen MR) is 153 cm³/mol. The number of hydrogen-bond donors (Lipinski definition) is 2. The monoisotopic (exact) mass is 539 g/mol. The molecule has 10 nitrogen and oxygen atoms in total. The quantitative estimate of drug-likeness (QED) is 0.378. The highest BCUT2D eigenvalue weighted by molar-refractivity contribution is 6.05. The number of amides is 2. The summed E-state index contributed by atoms with van der Waals surface area (Å²) in [5.41, 5.74) is 10.1. The summed E-state index contributed by atoms with van der Waals surface area (Å²) in [5.74, 6) is 0.848. The number of hydrogen-bond acceptors (Lipinski definition) is 7. The van der Waals surface area contributed by atoms with Crippen molar-refractivity contribution in [3.8, 4) is 11.1 Å². The Bertz CT molecular complexity index is 1580. The molecule has 2 amide bonds. The van der Waals surface area contributed by atoms with Crippen molar-refractivity contribution in [3.63, 3.8) is 0 Å². The Morgan fingerprint density at radius 2 is 1.95 bits per heavy atom. The third-order valence-electron chi connectivity index (χ3n) is 8.01. The number of nitrogens with two attached hydrogens (primary N) is 1. The van der Waals surface area contributed by atoms with Gasteiger partial charge >= 0.3 is 0 Å². The van der Waals surface area contributed by atoms with E-state index in [2.05, 4.69) is 38.0 Å². The molecule has 0 bridgehead atoms. The molecule has 0 radical (unpaired) electrons. The van der Waals surface area contributed by atoms with Gasteiger partial charge in [-0.05, 0) is 61.6 Å². The van der Waals surface area contributed by atoms with E-state index in [1.54, 1.807) is 18.3 Å². The zero-order chi connectivity index (χ0) is 27.9. The lowest BCUT2D eigenvalue weighted by Crippen LogP contribution is -2.55. The van der Waals surface area contributed by atoms with E-state index in [-0.39, 0.29) is 17.9 Å². The van der Waals surface area contributed by atoms with E-state index >= 15 is 0 Å². The van der Waals surface area contributed by atoms with Gasteiger partial charge in [-0.1, -0.05) is 19.1 Å². The molecule has 2 aliphatic heterocycles. The van der Waals surface area contributed by atoms with Gasteiger partial charge in [-0.25, -0.2) is 15.0 Å². The van der Waals surface area contributed by atoms with Crippen molar-refractivity contribution in [2.45, 2.75) is 39.2 Å². The second-order valence-corrected chi connectivity index (χ2v) is 10.9. The maximum Gasteiger partial charge on any atom is 0.256 e. The van der Waals surface area contributed by atoms with Crippen LogP contribution in [-0.2, 0) is 16.0 Å². The van der Waals surface area contributed by atoms with Crippen LogP contribution in [0, 0.1) is 5.41 Å². The van der Waals surface area contributed by atoms with Crippen molar-refractivity contribution in [2.24, 2.45) is 5.41 Å². The van der Waals surface area contributed by atoms with Crippen molar-refractivity contribution >= 4 is 34.5 Å². The zero-order valence-corrected chi connectivity index (χ0v) is 22.8. The second kappa shape index (κ2) is 10.3. The molecule has 206 valence electrons. The number of likely N-dealkylation sites (tertiary alicyclic amines) is 1. The van der Waals surface area contributed by atoms with E-state index in [0.717, 1.165) is 53.5 Å². The first-order chi connectivity index (χ1) is 19.4. The Hall–Kier alpha value is -4.31. The number of rotatable bonds is 6. The molecule has 2 aliphatic rings. The molecule has 6 rings (SSSR count). The maximum absolute atomic E-state index is 13.2. The van der Waals surface area contributed by atoms with Crippen molar-refractivity contribution < 1.29 is 14.3 Å². The lowest BCUT2D eigenvalue weighted by atomic mass is 9.86. The fourth-order valence-electron chi connectivity index (χ4n) is 5.64. The van der Waals surface area contributed by atoms with Crippen molar-refractivity contribution in [2.75, 3.05) is 37.4 Å². The molecule has 3 aromatic heterocycles. The molecular weight excluding hydrogens is 506 g/mol. The summed E-state index contributed by atoms with van der Waals surface area (Å²) in [6.07, 6.45) is 7.93. The molecule has 2 saturated heterocycles. The summed E-state index contributed by atoms with van der Waals surface area (Å²) in [4.78, 5) is 41.2. The molecule has 5 heterocycles. The fraction of sp³-hybridized carbons (Fsp3) is 0.367. The number of nitrogens with one attached hydrogen (secondary N) is 1. The minimum Gasteiger partial charge on any atom is -0.383 e. The standard InChI is InChI=1S/C30H33N7O3/c1-3-19-10-11-32-24(13-19)35-28(38)21-8-6-20(7-9-21)23-15-37(27-25(23)26(31)33-18-34-27)22-5-4-12-36(14-22)29(39)30(2)16-40-17-30/h6-11,13,15,18,22H,3-5,12,14,16-17H2,1-2H3,(H2,31,33,34)(H,32,35,38)/t22-/m1/s1. The third-order valence-corrected chi connectivity index (χ3v) is 8.01. The van der Waals surface area contributed by atoms with Crippen LogP contribution < -0.4 is 11.1 Å². The first kappa shape index (κ1) is 25.9. The van der Waals surface area contributed by atoms with Gasteiger partial charge in [0, 0.05) is 36.6 Å². The SMILES string of the molecule is CCc1ccnc(NC(=O)c2ccc(-c3cn([C@@H]4CCCN(C(=O)C5(C)COC5)C4)c4ncnc(N)c34)cc2)c1. The normalized spacial score (nSPS) is 18.4. The topological polar surface area (TPSA) is 128 Å². The van der Waals surface area contributed by atoms with Gasteiger partial charge in [0.25, 0.3) is 5.91 Å². The average Bonchev–Trinajstić information content (AvgIpc) is 3.37. The number of ether oxygens (including phenoxy) is 1. The van der Waals surface area contributed by atoms with Gasteiger partial charge in [-0.2, -0.15) is 0 Å². The molecule has 1 atom stereocenters. The van der Waals surface area contributed by atoms with Gasteiger partial charge in [0.05, 0.1) is 30.1 Å². The van der Waals surface area contributed by atoms with E-state index in [4.69, 9.17) is 10.5 Å². The van der Waals surface area contributed by atoms with E-state index in [1.165, 1.54) is 6.33 Å². The molecule has 0 aliphatic carbocycles. The number of nitrogens with zero attached hydrogens (tertiary/aromatic N) is 5. The van der Waals surface area contributed by atoms with Gasteiger partial charge in [-0.15, -0.1) is 0 Å². The number of pyridine rings is 1. The molecule has 10 heteroatoms. The molecule has 3 N–H and O–H groups in total. The van der Waals surface area contributed by atoms with Crippen LogP contribution in [-0.4, -0.2) is 62.5 Å². The highest BCUT2D eigenvalue weighted by Crippen LogP contribution is 2.37. The van der Waals surface area contributed by atoms with Gasteiger partial charge in [0.15, 0.2) is 0 Å². The molecule has 0 spiro atoms. The van der Waals surface area contributed by atoms with Crippen LogP contribution in [0.3, 0.4) is 0 Å². The summed E-state index contributed by atoms with van der Waals surface area (Å²) in [7, 11) is 0. The molecule has 40 heavy (non-hydrogen) atoms. The Kier molecular flexibility index (Phi) is 6.71. The Morgan fingerprint density at radius 3 is 2.67 bits per heavy atom. The van der Waals surface area contributed by atoms with E-state index in [9.17, 15) is 9.59 Å². The number of aromatic nitrogens is 4. The van der Waals surface area contributed by atoms with Crippen LogP contribution in [0.5, 0.6) is 0 Å². The first-order valence-electron chi connectivity index (χ1n) is 13.7. The van der Waals surface area contributed by atoms with Gasteiger partial charge in [0.2, 0.25) is 5.91 Å². The van der Waals surface area contributed by atoms with Gasteiger partial charge in [0.1, 0.15) is 23.6 Å². The number of benzene rings is 1. The molecule has 0 saturated carbocycles. The zero-order valence-electron chi connectivity index (χ0n) is 22.8. The van der Waals surface area contributed by atoms with E-state index in [0.29, 0.717) is 37.0 Å². The summed E-state index contributed by atoms with van der Waals surface area (Å²) in [6.45, 7) is 6.33. The van der Waals surface area contributed by atoms with Crippen molar-refractivity contribution in [1.82, 2.24) is 24.4 Å². The number of fused-ring (bicyclic) bond motifs is 1. The summed E-state index contributed by atoms with van der Waals surface area (Å²) in [6, 6.07) is 11.3. The van der Waals surface area contributed by atoms with Crippen LogP contribution in [0.1, 0.15) is 48.7 Å². The Labute approximate surface area is 232 Å². The minimum atomic E-state index is -0.429. The Morgan fingerprint density at radius 1 is 1.15 bits per heavy atom. The average molecular weight is 540 g/mol. The fourth-order valence-corrected chi connectivity index (χ4v) is 5.64. The van der Waals surface area contributed by atoms with Crippen LogP contribution in [0.15, 0.2) is 55.1 Å². The predicted octanol–water partition coefficient (Wildman–Crippen LogP) is 4.09. The Balaban J connectivity index is 1.27. The molecule has 4 aromatic rings. The minimum absolute atomic E-state index is 0.0595. The second-order valence-electron chi connectivity index (χ2n) is 10.9. The molecule has 0 unspecified atom stereocenters. The van der Waals surface area contributed by atoms with E-state index in [1.807, 2.05) is 36.1 Å². The van der Waals surface area contributed by atoms with Crippen LogP contribution in [0.4, 0.5) is 11.6 Å². The smallest absolute Gasteiger partial charge is 0.256 e. The lowest BCUT2D eigenvalue weighted by molar-refractivity contribution is -0.170.